The number of aryl methyl sites for hydroxylation is 6. The molecule has 27 rings (SSSR count). The molecule has 0 fully saturated rings. The smallest absolute Gasteiger partial charge is 0.358 e. The molecule has 0 bridgehead atoms. The molecule has 730 valence electrons. The molecule has 0 amide bonds. The van der Waals surface area contributed by atoms with Crippen LogP contribution in [0.5, 0.6) is 0 Å². The molecule has 9 aliphatic rings. The molecule has 15 nitrogen and oxygen atoms in total. The quantitative estimate of drug-likeness (QED) is 0.117. The Morgan fingerprint density at radius 1 is 0.205 bits per heavy atom. The maximum absolute atomic E-state index is 5.10. The first-order valence-corrected chi connectivity index (χ1v) is 50.8. The van der Waals surface area contributed by atoms with E-state index in [1.165, 1.54) is 134 Å². The van der Waals surface area contributed by atoms with Crippen LogP contribution in [0.25, 0.3) is 17.1 Å². The van der Waals surface area contributed by atoms with Crippen LogP contribution in [0.4, 0.5) is 103 Å². The van der Waals surface area contributed by atoms with Gasteiger partial charge in [-0.25, -0.2) is 19.6 Å². The van der Waals surface area contributed by atoms with Gasteiger partial charge in [0.1, 0.15) is 17.5 Å². The molecule has 0 saturated carbocycles. The molecule has 12 aromatic carbocycles. The van der Waals surface area contributed by atoms with Gasteiger partial charge in [-0.1, -0.05) is 292 Å². The average Bonchev–Trinajstić information content (AvgIpc) is 0.729. The summed E-state index contributed by atoms with van der Waals surface area (Å²) in [4.78, 5) is 29.7. The second-order valence-corrected chi connectivity index (χ2v) is 45.8. The number of para-hydroxylation sites is 6. The van der Waals surface area contributed by atoms with E-state index in [1.54, 1.807) is 0 Å². The van der Waals surface area contributed by atoms with Gasteiger partial charge < -0.3 is 24.5 Å². The predicted octanol–water partition coefficient (Wildman–Crippen LogP) is 31.4. The zero-order chi connectivity index (χ0) is 100.0. The summed E-state index contributed by atoms with van der Waals surface area (Å²) in [5.74, 6) is 2.98. The molecule has 18 aromatic rings. The van der Waals surface area contributed by atoms with Crippen molar-refractivity contribution in [3.05, 3.63) is 444 Å². The third-order valence-corrected chi connectivity index (χ3v) is 33.7. The molecule has 0 aliphatic carbocycles. The van der Waals surface area contributed by atoms with Crippen LogP contribution in [-0.2, 0) is 90.2 Å². The Labute approximate surface area is 887 Å². The van der Waals surface area contributed by atoms with Crippen molar-refractivity contribution in [2.45, 2.75) is 215 Å². The minimum atomic E-state index is -0.264. The second kappa shape index (κ2) is 32.9. The van der Waals surface area contributed by atoms with E-state index in [0.717, 1.165) is 120 Å². The van der Waals surface area contributed by atoms with E-state index in [4.69, 9.17) is 30.2 Å². The van der Waals surface area contributed by atoms with E-state index in [0.29, 0.717) is 0 Å². The molecule has 146 heavy (non-hydrogen) atoms. The van der Waals surface area contributed by atoms with Crippen molar-refractivity contribution >= 4 is 103 Å². The summed E-state index contributed by atoms with van der Waals surface area (Å²) in [5, 5.41) is 14.4. The number of anilines is 18. The monoisotopic (exact) mass is 2180 g/mol. The molecule has 9 aliphatic heterocycles. The van der Waals surface area contributed by atoms with Gasteiger partial charge in [-0.05, 0) is 221 Å². The first-order valence-electron chi connectivity index (χ1n) is 50.8. The molecule has 0 unspecified atom stereocenters. The van der Waals surface area contributed by atoms with Crippen molar-refractivity contribution < 1.29 is 41.5 Å². The molecular weight excluding hydrogens is 2060 g/mol. The van der Waals surface area contributed by atoms with Crippen LogP contribution >= 0.6 is 0 Å². The third-order valence-electron chi connectivity index (χ3n) is 33.7. The summed E-state index contributed by atoms with van der Waals surface area (Å²) in [5.41, 5.74) is 47.1. The van der Waals surface area contributed by atoms with Gasteiger partial charge in [-0.3, -0.25) is 14.3 Å². The number of hydrogen-bond donors (Lipinski definition) is 0. The number of nitrogens with zero attached hydrogens (tertiary/aromatic N) is 15. The molecule has 6 aromatic heterocycles. The fourth-order valence-electron chi connectivity index (χ4n) is 26.0. The van der Waals surface area contributed by atoms with Gasteiger partial charge in [0.2, 0.25) is 0 Å². The van der Waals surface area contributed by atoms with Crippen LogP contribution in [0, 0.1) is 65.8 Å². The Balaban J connectivity index is 0.000000120. The molecule has 15 heterocycles. The van der Waals surface area contributed by atoms with Crippen LogP contribution in [0.3, 0.4) is 0 Å². The summed E-state index contributed by atoms with van der Waals surface area (Å²) >= 11 is 0. The summed E-state index contributed by atoms with van der Waals surface area (Å²) < 4.78 is 6.01. The van der Waals surface area contributed by atoms with Crippen molar-refractivity contribution in [1.82, 2.24) is 44.3 Å². The van der Waals surface area contributed by atoms with Gasteiger partial charge in [-0.2, -0.15) is 39.6 Å². The fraction of sp³-hybridized carbons (Fsp3) is 0.256. The molecule has 0 radical (unpaired) electrons. The van der Waals surface area contributed by atoms with E-state index in [-0.39, 0.29) is 90.2 Å². The minimum Gasteiger partial charge on any atom is -0.358 e. The first-order chi connectivity index (χ1) is 68.7. The summed E-state index contributed by atoms with van der Waals surface area (Å²) in [6.07, 6.45) is 5.79. The second-order valence-electron chi connectivity index (χ2n) is 45.8. The van der Waals surface area contributed by atoms with E-state index in [1.807, 2.05) is 46.5 Å². The Kier molecular flexibility index (Phi) is 21.5. The molecule has 0 atom stereocenters. The zero-order valence-electron chi connectivity index (χ0n) is 87.5. The molecule has 0 spiro atoms. The largest absolute Gasteiger partial charge is 2.00 e. The van der Waals surface area contributed by atoms with Crippen molar-refractivity contribution in [2.24, 2.45) is 0 Å². The molecular formula is C129H119N15PdPt. The number of pyridine rings is 3. The number of fused-ring (bicyclic) bond motifs is 18. The normalized spacial score (nSPS) is 16.9. The molecule has 0 N–H and O–H groups in total. The van der Waals surface area contributed by atoms with Crippen LogP contribution in [-0.4, -0.2) is 44.3 Å². The zero-order valence-corrected chi connectivity index (χ0v) is 91.3. The van der Waals surface area contributed by atoms with Crippen molar-refractivity contribution in [3.8, 4) is 17.1 Å². The van der Waals surface area contributed by atoms with Gasteiger partial charge in [0.25, 0.3) is 0 Å². The SMILES string of the molecule is Cc1cc(C)n(-c2[c-]c(N3c4[c-]c5c(cc4C(C)(C)c4ccccc43)C(C)(C)c3cccc4c3N5c3ncccc3C4(C)C)ccc2)n1.Cc1cc(C)n(-c2[c-]c(N3c4[c-]c5c(cc4C(C)(C)c4ccccc43)C(C)(C)c3cccc4c3N5c3ncccc3C4(C)C)ccc2)n1.Cc1cc(C)n(-c2cccc(N3c4ccccc4C(C)(C)c4cc5c(cc43)N3c4ncccc4C(C)(C)c4cccc(c43)C5(C)C)c2)n1.[Pd+2].[Pt+2]. The number of benzene rings is 12. The minimum absolute atomic E-state index is 0. The van der Waals surface area contributed by atoms with E-state index < -0.39 is 0 Å². The van der Waals surface area contributed by atoms with Crippen LogP contribution < -0.4 is 29.4 Å². The van der Waals surface area contributed by atoms with Gasteiger partial charge in [0, 0.05) is 96.5 Å². The summed E-state index contributed by atoms with van der Waals surface area (Å²) in [6.45, 7) is 54.8. The standard InChI is InChI=1S/C43H41N5.2C43H39N5.Pd.Pt/c3*1-26-22-27(2)48(45-26)29-15-11-14-28(23-29)46-36-20-10-9-16-30(36)41(3,4)34-24-35-38(25-37(34)46)47-39-31(17-12-18-32(39)43(35,7)8)42(5,6)33-19-13-21-44-40(33)47;;/h9-25H,1-8H3;2*9-22,24H,1-8H3;;/q;2*-2;2*+2. The predicted molar refractivity (Wildman–Crippen MR) is 585 cm³/mol. The summed E-state index contributed by atoms with van der Waals surface area (Å²) in [7, 11) is 0. The topological polar surface area (TPSA) is 112 Å². The number of aromatic nitrogens is 9. The van der Waals surface area contributed by atoms with Gasteiger partial charge in [0.05, 0.1) is 56.9 Å². The Bertz CT molecular complexity index is 7760. The van der Waals surface area contributed by atoms with Gasteiger partial charge >= 0.3 is 41.5 Å². The van der Waals surface area contributed by atoms with Crippen LogP contribution in [0.1, 0.15) is 259 Å². The molecule has 17 heteroatoms. The maximum Gasteiger partial charge on any atom is 2.00 e. The Hall–Kier alpha value is -14.1. The van der Waals surface area contributed by atoms with Crippen molar-refractivity contribution in [3.63, 3.8) is 0 Å². The maximum atomic E-state index is 5.10. The fourth-order valence-corrected chi connectivity index (χ4v) is 26.0. The number of hydrogen-bond acceptors (Lipinski definition) is 12. The van der Waals surface area contributed by atoms with Gasteiger partial charge in [0.15, 0.2) is 0 Å². The Morgan fingerprint density at radius 2 is 0.473 bits per heavy atom. The average molecular weight is 2180 g/mol. The van der Waals surface area contributed by atoms with E-state index in [9.17, 15) is 0 Å². The molecule has 0 saturated heterocycles. The summed E-state index contributed by atoms with van der Waals surface area (Å²) in [6, 6.07) is 113. The van der Waals surface area contributed by atoms with Gasteiger partial charge in [-0.15, -0.1) is 70.8 Å². The van der Waals surface area contributed by atoms with Crippen molar-refractivity contribution in [2.75, 3.05) is 29.4 Å². The third kappa shape index (κ3) is 13.5. The first kappa shape index (κ1) is 95.4. The Morgan fingerprint density at radius 3 is 0.849 bits per heavy atom. The van der Waals surface area contributed by atoms with Crippen molar-refractivity contribution in [1.29, 1.82) is 0 Å². The van der Waals surface area contributed by atoms with E-state index >= 15 is 0 Å². The van der Waals surface area contributed by atoms with E-state index in [2.05, 4.69) is 473 Å². The van der Waals surface area contributed by atoms with Crippen LogP contribution in [0.15, 0.2) is 286 Å². The number of rotatable bonds is 6. The van der Waals surface area contributed by atoms with Crippen LogP contribution in [0.2, 0.25) is 0 Å².